The lowest BCUT2D eigenvalue weighted by Gasteiger charge is -2.09. The first kappa shape index (κ1) is 15.3. The second-order valence-electron chi connectivity index (χ2n) is 5.59. The molecular weight excluding hydrogens is 262 g/mol. The number of nitrogens with one attached hydrogen (secondary N) is 2. The summed E-state index contributed by atoms with van der Waals surface area (Å²) in [5.41, 5.74) is 2.94. The summed E-state index contributed by atoms with van der Waals surface area (Å²) in [6, 6.07) is 9.77. The number of hydrogen-bond donors (Lipinski definition) is 2. The predicted octanol–water partition coefficient (Wildman–Crippen LogP) is 3.98. The van der Waals surface area contributed by atoms with Crippen molar-refractivity contribution in [1.29, 1.82) is 0 Å². The first-order valence-electron chi connectivity index (χ1n) is 7.55. The highest BCUT2D eigenvalue weighted by Gasteiger charge is 2.03. The maximum atomic E-state index is 11.7. The number of hydrogen-bond acceptors (Lipinski definition) is 3. The average molecular weight is 285 g/mol. The summed E-state index contributed by atoms with van der Waals surface area (Å²) < 4.78 is 0. The second-order valence-corrected chi connectivity index (χ2v) is 5.59. The predicted molar refractivity (Wildman–Crippen MR) is 87.3 cm³/mol. The van der Waals surface area contributed by atoms with Crippen LogP contribution in [0.2, 0.25) is 0 Å². The van der Waals surface area contributed by atoms with Gasteiger partial charge in [-0.3, -0.25) is 9.78 Å². The Hall–Kier alpha value is -2.10. The molecule has 0 radical (unpaired) electrons. The van der Waals surface area contributed by atoms with Crippen LogP contribution in [0.5, 0.6) is 0 Å². The zero-order valence-electron chi connectivity index (χ0n) is 12.9. The number of anilines is 2. The van der Waals surface area contributed by atoms with Crippen molar-refractivity contribution in [1.82, 2.24) is 9.97 Å². The van der Waals surface area contributed by atoms with E-state index in [1.165, 1.54) is 5.56 Å². The topological polar surface area (TPSA) is 57.8 Å². The van der Waals surface area contributed by atoms with Crippen LogP contribution in [0, 0.1) is 0 Å². The monoisotopic (exact) mass is 285 g/mol. The molecule has 0 unspecified atom stereocenters. The minimum Gasteiger partial charge on any atom is -0.326 e. The van der Waals surface area contributed by atoms with E-state index < -0.39 is 0 Å². The smallest absolute Gasteiger partial charge is 0.252 e. The minimum absolute atomic E-state index is 0.114. The van der Waals surface area contributed by atoms with Gasteiger partial charge in [-0.2, -0.15) is 0 Å². The zero-order valence-corrected chi connectivity index (χ0v) is 12.9. The fourth-order valence-corrected chi connectivity index (χ4v) is 2.14. The minimum atomic E-state index is -0.114. The molecule has 112 valence electrons. The molecular formula is C17H23N3O. The van der Waals surface area contributed by atoms with Crippen LogP contribution >= 0.6 is 0 Å². The number of benzene rings is 1. The van der Waals surface area contributed by atoms with Crippen molar-refractivity contribution >= 4 is 11.6 Å². The SMILES string of the molecule is CCCCc1cc(=O)[nH]c(Nc2ccc(C(C)C)cc2)n1. The van der Waals surface area contributed by atoms with E-state index in [1.54, 1.807) is 6.07 Å². The third-order valence-electron chi connectivity index (χ3n) is 3.42. The van der Waals surface area contributed by atoms with Crippen LogP contribution in [0.25, 0.3) is 0 Å². The summed E-state index contributed by atoms with van der Waals surface area (Å²) in [7, 11) is 0. The first-order valence-corrected chi connectivity index (χ1v) is 7.55. The molecule has 1 heterocycles. The second kappa shape index (κ2) is 7.07. The fourth-order valence-electron chi connectivity index (χ4n) is 2.14. The lowest BCUT2D eigenvalue weighted by Crippen LogP contribution is -2.12. The van der Waals surface area contributed by atoms with Gasteiger partial charge in [-0.25, -0.2) is 4.98 Å². The van der Waals surface area contributed by atoms with Gasteiger partial charge >= 0.3 is 0 Å². The normalized spacial score (nSPS) is 10.9. The van der Waals surface area contributed by atoms with Crippen molar-refractivity contribution in [2.45, 2.75) is 46.0 Å². The third kappa shape index (κ3) is 4.45. The van der Waals surface area contributed by atoms with Crippen molar-refractivity contribution in [3.8, 4) is 0 Å². The number of aromatic amines is 1. The van der Waals surface area contributed by atoms with E-state index in [-0.39, 0.29) is 5.56 Å². The molecule has 0 spiro atoms. The molecule has 0 fully saturated rings. The molecule has 0 saturated heterocycles. The number of nitrogens with zero attached hydrogens (tertiary/aromatic N) is 1. The molecule has 0 atom stereocenters. The molecule has 0 aliphatic heterocycles. The van der Waals surface area contributed by atoms with Gasteiger partial charge in [0, 0.05) is 17.4 Å². The fraction of sp³-hybridized carbons (Fsp3) is 0.412. The summed E-state index contributed by atoms with van der Waals surface area (Å²) in [6.07, 6.45) is 2.97. The molecule has 0 bridgehead atoms. The lowest BCUT2D eigenvalue weighted by atomic mass is 10.0. The van der Waals surface area contributed by atoms with Gasteiger partial charge in [0.2, 0.25) is 5.95 Å². The van der Waals surface area contributed by atoms with Crippen molar-refractivity contribution in [2.75, 3.05) is 5.32 Å². The molecule has 4 heteroatoms. The largest absolute Gasteiger partial charge is 0.326 e. The van der Waals surface area contributed by atoms with Gasteiger partial charge in [0.1, 0.15) is 0 Å². The quantitative estimate of drug-likeness (QED) is 0.844. The number of unbranched alkanes of at least 4 members (excludes halogenated alkanes) is 1. The van der Waals surface area contributed by atoms with E-state index >= 15 is 0 Å². The van der Waals surface area contributed by atoms with Crippen LogP contribution in [0.1, 0.15) is 50.8 Å². The van der Waals surface area contributed by atoms with Gasteiger partial charge in [-0.1, -0.05) is 39.3 Å². The van der Waals surface area contributed by atoms with Crippen molar-refractivity contribution < 1.29 is 0 Å². The number of rotatable bonds is 6. The lowest BCUT2D eigenvalue weighted by molar-refractivity contribution is 0.772. The summed E-state index contributed by atoms with van der Waals surface area (Å²) in [4.78, 5) is 18.9. The van der Waals surface area contributed by atoms with Gasteiger partial charge in [-0.15, -0.1) is 0 Å². The molecule has 1 aromatic heterocycles. The van der Waals surface area contributed by atoms with Crippen LogP contribution < -0.4 is 10.9 Å². The molecule has 4 nitrogen and oxygen atoms in total. The Bertz CT molecular complexity index is 629. The number of aromatic nitrogens is 2. The van der Waals surface area contributed by atoms with E-state index in [9.17, 15) is 4.79 Å². The Kier molecular flexibility index (Phi) is 5.14. The summed E-state index contributed by atoms with van der Waals surface area (Å²) >= 11 is 0. The molecule has 2 N–H and O–H groups in total. The van der Waals surface area contributed by atoms with Gasteiger partial charge < -0.3 is 5.32 Å². The molecule has 2 rings (SSSR count). The Morgan fingerprint density at radius 1 is 1.24 bits per heavy atom. The highest BCUT2D eigenvalue weighted by Crippen LogP contribution is 2.18. The maximum Gasteiger partial charge on any atom is 0.252 e. The van der Waals surface area contributed by atoms with Gasteiger partial charge in [0.15, 0.2) is 0 Å². The average Bonchev–Trinajstić information content (AvgIpc) is 2.45. The van der Waals surface area contributed by atoms with Crippen LogP contribution in [0.3, 0.4) is 0 Å². The summed E-state index contributed by atoms with van der Waals surface area (Å²) in [5.74, 6) is 1.01. The Morgan fingerprint density at radius 3 is 2.57 bits per heavy atom. The third-order valence-corrected chi connectivity index (χ3v) is 3.42. The van der Waals surface area contributed by atoms with Crippen molar-refractivity contribution in [3.05, 3.63) is 51.9 Å². The van der Waals surface area contributed by atoms with E-state index in [0.717, 1.165) is 30.6 Å². The Morgan fingerprint density at radius 2 is 1.95 bits per heavy atom. The molecule has 0 saturated carbocycles. The number of aryl methyl sites for hydroxylation is 1. The van der Waals surface area contributed by atoms with E-state index in [1.807, 2.05) is 12.1 Å². The highest BCUT2D eigenvalue weighted by molar-refractivity contribution is 5.53. The molecule has 1 aromatic carbocycles. The van der Waals surface area contributed by atoms with Crippen LogP contribution in [0.15, 0.2) is 35.1 Å². The van der Waals surface area contributed by atoms with Crippen LogP contribution in [-0.2, 0) is 6.42 Å². The molecule has 0 aliphatic rings. The van der Waals surface area contributed by atoms with E-state index in [4.69, 9.17) is 0 Å². The Balaban J connectivity index is 2.14. The maximum absolute atomic E-state index is 11.7. The van der Waals surface area contributed by atoms with Gasteiger partial charge in [0.05, 0.1) is 0 Å². The summed E-state index contributed by atoms with van der Waals surface area (Å²) in [5, 5.41) is 3.16. The Labute approximate surface area is 125 Å². The van der Waals surface area contributed by atoms with E-state index in [2.05, 4.69) is 48.2 Å². The van der Waals surface area contributed by atoms with Gasteiger partial charge in [0.25, 0.3) is 5.56 Å². The van der Waals surface area contributed by atoms with E-state index in [0.29, 0.717) is 11.9 Å². The molecule has 21 heavy (non-hydrogen) atoms. The molecule has 0 aliphatic carbocycles. The zero-order chi connectivity index (χ0) is 15.2. The number of H-pyrrole nitrogens is 1. The molecule has 0 amide bonds. The molecule has 2 aromatic rings. The standard InChI is InChI=1S/C17H23N3O/c1-4-5-6-15-11-16(21)20-17(19-15)18-14-9-7-13(8-10-14)12(2)3/h7-12H,4-6H2,1-3H3,(H2,18,19,20,21). The first-order chi connectivity index (χ1) is 10.1. The van der Waals surface area contributed by atoms with Crippen molar-refractivity contribution in [3.63, 3.8) is 0 Å². The summed E-state index contributed by atoms with van der Waals surface area (Å²) in [6.45, 7) is 6.46. The van der Waals surface area contributed by atoms with Gasteiger partial charge in [-0.05, 0) is 36.5 Å². The highest BCUT2D eigenvalue weighted by atomic mass is 16.1. The van der Waals surface area contributed by atoms with Crippen LogP contribution in [-0.4, -0.2) is 9.97 Å². The van der Waals surface area contributed by atoms with Crippen molar-refractivity contribution in [2.24, 2.45) is 0 Å². The van der Waals surface area contributed by atoms with Crippen LogP contribution in [0.4, 0.5) is 11.6 Å².